The largest absolute Gasteiger partial charge is 0.481 e. The van der Waals surface area contributed by atoms with Gasteiger partial charge in [-0.25, -0.2) is 0 Å². The molecule has 0 amide bonds. The standard InChI is InChI=1S/C11H18Cl2O2/c1-6(2)7(9(14)15)5-8-10(3,4)11(8,12)13/h6-8H,5H2,1-4H3,(H,14,15). The predicted octanol–water partition coefficient (Wildman–Crippen LogP) is 3.56. The maximum absolute atomic E-state index is 11.0. The molecule has 1 fully saturated rings. The summed E-state index contributed by atoms with van der Waals surface area (Å²) in [6.45, 7) is 7.80. The van der Waals surface area contributed by atoms with E-state index in [1.807, 2.05) is 27.7 Å². The number of carboxylic acid groups (broad SMARTS) is 1. The van der Waals surface area contributed by atoms with E-state index in [4.69, 9.17) is 28.3 Å². The van der Waals surface area contributed by atoms with E-state index in [0.29, 0.717) is 6.42 Å². The third-order valence-electron chi connectivity index (χ3n) is 3.70. The highest BCUT2D eigenvalue weighted by Gasteiger charge is 2.70. The van der Waals surface area contributed by atoms with E-state index >= 15 is 0 Å². The van der Waals surface area contributed by atoms with E-state index in [-0.39, 0.29) is 23.2 Å². The molecular weight excluding hydrogens is 235 g/mol. The number of rotatable bonds is 4. The molecule has 1 rings (SSSR count). The molecule has 1 N–H and O–H groups in total. The Morgan fingerprint density at radius 1 is 1.40 bits per heavy atom. The molecule has 0 spiro atoms. The highest BCUT2D eigenvalue weighted by molar-refractivity contribution is 6.51. The number of aliphatic carboxylic acids is 1. The van der Waals surface area contributed by atoms with Gasteiger partial charge in [0.2, 0.25) is 0 Å². The second kappa shape index (κ2) is 3.81. The Labute approximate surface area is 101 Å². The number of carboxylic acids is 1. The second-order valence-electron chi connectivity index (χ2n) is 5.32. The van der Waals surface area contributed by atoms with Crippen LogP contribution in [0.15, 0.2) is 0 Å². The van der Waals surface area contributed by atoms with Crippen molar-refractivity contribution in [2.24, 2.45) is 23.2 Å². The van der Waals surface area contributed by atoms with Crippen molar-refractivity contribution < 1.29 is 9.90 Å². The predicted molar refractivity (Wildman–Crippen MR) is 62.3 cm³/mol. The molecule has 0 aromatic rings. The minimum atomic E-state index is -0.754. The third-order valence-corrected chi connectivity index (χ3v) is 5.20. The first kappa shape index (κ1) is 13.1. The van der Waals surface area contributed by atoms with Crippen LogP contribution in [0.25, 0.3) is 0 Å². The van der Waals surface area contributed by atoms with Crippen molar-refractivity contribution in [1.29, 1.82) is 0 Å². The Morgan fingerprint density at radius 2 is 1.80 bits per heavy atom. The Hall–Kier alpha value is 0.0500. The molecule has 15 heavy (non-hydrogen) atoms. The molecule has 0 aromatic carbocycles. The Kier molecular flexibility index (Phi) is 3.33. The SMILES string of the molecule is CC(C)C(CC1C(C)(C)C1(Cl)Cl)C(=O)O. The molecule has 1 aliphatic carbocycles. The van der Waals surface area contributed by atoms with Crippen LogP contribution < -0.4 is 0 Å². The van der Waals surface area contributed by atoms with Gasteiger partial charge in [0, 0.05) is 11.3 Å². The van der Waals surface area contributed by atoms with Crippen molar-refractivity contribution in [1.82, 2.24) is 0 Å². The molecule has 2 nitrogen and oxygen atoms in total. The topological polar surface area (TPSA) is 37.3 Å². The van der Waals surface area contributed by atoms with Gasteiger partial charge in [-0.3, -0.25) is 4.79 Å². The van der Waals surface area contributed by atoms with Crippen LogP contribution >= 0.6 is 23.2 Å². The van der Waals surface area contributed by atoms with Crippen molar-refractivity contribution in [3.05, 3.63) is 0 Å². The average Bonchev–Trinajstić information content (AvgIpc) is 2.38. The first-order chi connectivity index (χ1) is 6.62. The van der Waals surface area contributed by atoms with Crippen molar-refractivity contribution in [3.8, 4) is 0 Å². The number of hydrogen-bond donors (Lipinski definition) is 1. The molecule has 1 saturated carbocycles. The second-order valence-corrected chi connectivity index (χ2v) is 6.71. The Morgan fingerprint density at radius 3 is 2.00 bits per heavy atom. The van der Waals surface area contributed by atoms with Gasteiger partial charge in [-0.1, -0.05) is 27.7 Å². The number of alkyl halides is 2. The van der Waals surface area contributed by atoms with Crippen molar-refractivity contribution in [2.45, 2.75) is 38.4 Å². The Balaban J connectivity index is 2.67. The molecule has 0 aromatic heterocycles. The van der Waals surface area contributed by atoms with Gasteiger partial charge in [-0.2, -0.15) is 0 Å². The van der Waals surface area contributed by atoms with E-state index in [1.165, 1.54) is 0 Å². The van der Waals surface area contributed by atoms with Crippen molar-refractivity contribution in [2.75, 3.05) is 0 Å². The van der Waals surface area contributed by atoms with E-state index < -0.39 is 10.3 Å². The van der Waals surface area contributed by atoms with Gasteiger partial charge in [0.1, 0.15) is 4.33 Å². The van der Waals surface area contributed by atoms with Gasteiger partial charge >= 0.3 is 5.97 Å². The van der Waals surface area contributed by atoms with E-state index in [0.717, 1.165) is 0 Å². The van der Waals surface area contributed by atoms with Gasteiger partial charge in [0.05, 0.1) is 5.92 Å². The summed E-state index contributed by atoms with van der Waals surface area (Å²) in [6, 6.07) is 0. The molecule has 0 heterocycles. The lowest BCUT2D eigenvalue weighted by Crippen LogP contribution is -2.21. The van der Waals surface area contributed by atoms with E-state index in [9.17, 15) is 4.79 Å². The zero-order chi connectivity index (χ0) is 12.0. The first-order valence-electron chi connectivity index (χ1n) is 5.23. The van der Waals surface area contributed by atoms with Crippen LogP contribution in [-0.2, 0) is 4.79 Å². The number of halogens is 2. The molecular formula is C11H18Cl2O2. The molecule has 1 aliphatic rings. The van der Waals surface area contributed by atoms with Crippen molar-refractivity contribution in [3.63, 3.8) is 0 Å². The molecule has 2 unspecified atom stereocenters. The number of hydrogen-bond acceptors (Lipinski definition) is 1. The zero-order valence-electron chi connectivity index (χ0n) is 9.55. The van der Waals surface area contributed by atoms with E-state index in [2.05, 4.69) is 0 Å². The minimum Gasteiger partial charge on any atom is -0.481 e. The summed E-state index contributed by atoms with van der Waals surface area (Å²) in [5, 5.41) is 9.07. The van der Waals surface area contributed by atoms with Crippen LogP contribution in [0.5, 0.6) is 0 Å². The molecule has 0 saturated heterocycles. The van der Waals surface area contributed by atoms with E-state index in [1.54, 1.807) is 0 Å². The lowest BCUT2D eigenvalue weighted by Gasteiger charge is -2.16. The van der Waals surface area contributed by atoms with Gasteiger partial charge in [0.15, 0.2) is 0 Å². The highest BCUT2D eigenvalue weighted by atomic mass is 35.5. The van der Waals surface area contributed by atoms with Crippen LogP contribution in [0, 0.1) is 23.2 Å². The van der Waals surface area contributed by atoms with Gasteiger partial charge in [0.25, 0.3) is 0 Å². The quantitative estimate of drug-likeness (QED) is 0.778. The fourth-order valence-electron chi connectivity index (χ4n) is 2.11. The summed E-state index contributed by atoms with van der Waals surface area (Å²) in [5.74, 6) is -0.912. The van der Waals surface area contributed by atoms with Gasteiger partial charge < -0.3 is 5.11 Å². The summed E-state index contributed by atoms with van der Waals surface area (Å²) in [6.07, 6.45) is 0.562. The fraction of sp³-hybridized carbons (Fsp3) is 0.909. The summed E-state index contributed by atoms with van der Waals surface area (Å²) >= 11 is 12.2. The normalized spacial score (nSPS) is 28.9. The molecule has 0 bridgehead atoms. The molecule has 0 radical (unpaired) electrons. The van der Waals surface area contributed by atoms with Crippen molar-refractivity contribution >= 4 is 29.2 Å². The smallest absolute Gasteiger partial charge is 0.306 e. The molecule has 4 heteroatoms. The third kappa shape index (κ3) is 2.12. The average molecular weight is 253 g/mol. The summed E-state index contributed by atoms with van der Waals surface area (Å²) in [4.78, 5) is 11.0. The van der Waals surface area contributed by atoms with Gasteiger partial charge in [-0.15, -0.1) is 23.2 Å². The van der Waals surface area contributed by atoms with Gasteiger partial charge in [-0.05, 0) is 12.3 Å². The molecule has 0 aliphatic heterocycles. The summed E-state index contributed by atoms with van der Waals surface area (Å²) < 4.78 is -0.754. The lowest BCUT2D eigenvalue weighted by molar-refractivity contribution is -0.143. The highest BCUT2D eigenvalue weighted by Crippen LogP contribution is 2.70. The van der Waals surface area contributed by atoms with Crippen LogP contribution in [0.2, 0.25) is 0 Å². The summed E-state index contributed by atoms with van der Waals surface area (Å²) in [5.41, 5.74) is -0.168. The first-order valence-corrected chi connectivity index (χ1v) is 5.98. The lowest BCUT2D eigenvalue weighted by atomic mass is 9.89. The maximum Gasteiger partial charge on any atom is 0.306 e. The van der Waals surface area contributed by atoms with Crippen LogP contribution in [0.1, 0.15) is 34.1 Å². The fourth-order valence-corrected chi connectivity index (χ4v) is 2.99. The zero-order valence-corrected chi connectivity index (χ0v) is 11.1. The van der Waals surface area contributed by atoms with Crippen LogP contribution in [0.3, 0.4) is 0 Å². The Bertz CT molecular complexity index is 258. The monoisotopic (exact) mass is 252 g/mol. The molecule has 2 atom stereocenters. The number of carbonyl (C=O) groups is 1. The maximum atomic E-state index is 11.0. The van der Waals surface area contributed by atoms with Crippen LogP contribution in [-0.4, -0.2) is 15.4 Å². The minimum absolute atomic E-state index is 0.0804. The molecule has 88 valence electrons. The summed E-state index contributed by atoms with van der Waals surface area (Å²) in [7, 11) is 0. The van der Waals surface area contributed by atoms with Crippen LogP contribution in [0.4, 0.5) is 0 Å².